The Morgan fingerprint density at radius 1 is 1.15 bits per heavy atom. The van der Waals surface area contributed by atoms with Crippen LogP contribution in [-0.2, 0) is 0 Å². The van der Waals surface area contributed by atoms with Crippen LogP contribution in [0.1, 0.15) is 40.7 Å². The fourth-order valence-electron chi connectivity index (χ4n) is 3.03. The van der Waals surface area contributed by atoms with Gasteiger partial charge in [-0.15, -0.1) is 0 Å². The summed E-state index contributed by atoms with van der Waals surface area (Å²) < 4.78 is 6.02. The van der Waals surface area contributed by atoms with Gasteiger partial charge in [0.1, 0.15) is 5.75 Å². The summed E-state index contributed by atoms with van der Waals surface area (Å²) in [6, 6.07) is 13.1. The number of hydrogen-bond donors (Lipinski definition) is 0. The van der Waals surface area contributed by atoms with Crippen molar-refractivity contribution in [3.8, 4) is 5.75 Å². The van der Waals surface area contributed by atoms with Crippen LogP contribution in [0.3, 0.4) is 0 Å². The van der Waals surface area contributed by atoms with Gasteiger partial charge in [0.25, 0.3) is 5.91 Å². The zero-order valence-electron chi connectivity index (χ0n) is 10.8. The lowest BCUT2D eigenvalue weighted by molar-refractivity contribution is -0.00180. The number of hydrogen-bond acceptors (Lipinski definition) is 2. The third kappa shape index (κ3) is 1.44. The van der Waals surface area contributed by atoms with E-state index in [1.807, 2.05) is 49.4 Å². The maximum absolute atomic E-state index is 12.5. The van der Waals surface area contributed by atoms with E-state index in [4.69, 9.17) is 16.3 Å². The molecule has 2 atom stereocenters. The molecule has 0 N–H and O–H groups in total. The first-order valence-electron chi connectivity index (χ1n) is 6.54. The van der Waals surface area contributed by atoms with Gasteiger partial charge in [-0.1, -0.05) is 29.8 Å². The zero-order chi connectivity index (χ0) is 13.9. The largest absolute Gasteiger partial charge is 0.466 e. The molecule has 0 aliphatic carbocycles. The van der Waals surface area contributed by atoms with Crippen LogP contribution >= 0.6 is 11.6 Å². The second-order valence-electron chi connectivity index (χ2n) is 5.13. The molecule has 2 aromatic carbocycles. The fourth-order valence-corrected chi connectivity index (χ4v) is 3.21. The number of nitrogens with zero attached hydrogens (tertiary/aromatic N) is 1. The molecule has 0 saturated carbocycles. The van der Waals surface area contributed by atoms with Crippen molar-refractivity contribution in [1.29, 1.82) is 0 Å². The van der Waals surface area contributed by atoms with Gasteiger partial charge in [-0.2, -0.15) is 0 Å². The number of halogens is 1. The van der Waals surface area contributed by atoms with E-state index in [0.29, 0.717) is 5.02 Å². The van der Waals surface area contributed by atoms with E-state index < -0.39 is 0 Å². The van der Waals surface area contributed by atoms with E-state index in [-0.39, 0.29) is 18.2 Å². The number of amides is 1. The van der Waals surface area contributed by atoms with Crippen LogP contribution in [0.4, 0.5) is 0 Å². The average Bonchev–Trinajstić information content (AvgIpc) is 2.74. The number of carbonyl (C=O) groups is 1. The van der Waals surface area contributed by atoms with Gasteiger partial charge in [0.15, 0.2) is 0 Å². The SMILES string of the molecule is C[C@@H]1c2cc(Cl)ccc2O[C@@H]2c3ccccc3C(=O)N12. The third-order valence-corrected chi connectivity index (χ3v) is 4.26. The molecule has 0 unspecified atom stereocenters. The van der Waals surface area contributed by atoms with Gasteiger partial charge in [-0.05, 0) is 31.2 Å². The molecule has 0 saturated heterocycles. The van der Waals surface area contributed by atoms with E-state index in [2.05, 4.69) is 0 Å². The first kappa shape index (κ1) is 11.8. The maximum Gasteiger partial charge on any atom is 0.257 e. The van der Waals surface area contributed by atoms with Gasteiger partial charge in [0.05, 0.1) is 6.04 Å². The van der Waals surface area contributed by atoms with E-state index >= 15 is 0 Å². The molecule has 0 radical (unpaired) electrons. The van der Waals surface area contributed by atoms with Crippen LogP contribution in [0.25, 0.3) is 0 Å². The molecule has 4 heteroatoms. The molecular weight excluding hydrogens is 274 g/mol. The van der Waals surface area contributed by atoms with Gasteiger partial charge in [-0.3, -0.25) is 9.69 Å². The lowest BCUT2D eigenvalue weighted by Gasteiger charge is -2.37. The number of ether oxygens (including phenoxy) is 1. The van der Waals surface area contributed by atoms with Crippen LogP contribution in [0.2, 0.25) is 5.02 Å². The molecule has 0 bridgehead atoms. The Balaban J connectivity index is 1.89. The highest BCUT2D eigenvalue weighted by Gasteiger charge is 2.44. The third-order valence-electron chi connectivity index (χ3n) is 4.02. The Morgan fingerprint density at radius 2 is 1.95 bits per heavy atom. The second kappa shape index (κ2) is 4.00. The van der Waals surface area contributed by atoms with Crippen molar-refractivity contribution in [2.45, 2.75) is 19.2 Å². The summed E-state index contributed by atoms with van der Waals surface area (Å²) in [5, 5.41) is 0.654. The highest BCUT2D eigenvalue weighted by molar-refractivity contribution is 6.30. The van der Waals surface area contributed by atoms with Gasteiger partial charge >= 0.3 is 0 Å². The Bertz CT molecular complexity index is 728. The van der Waals surface area contributed by atoms with Crippen LogP contribution in [0, 0.1) is 0 Å². The Hall–Kier alpha value is -2.00. The molecule has 0 spiro atoms. The van der Waals surface area contributed by atoms with Crippen molar-refractivity contribution in [1.82, 2.24) is 4.90 Å². The van der Waals surface area contributed by atoms with Gasteiger partial charge < -0.3 is 4.74 Å². The van der Waals surface area contributed by atoms with Crippen LogP contribution in [0.5, 0.6) is 5.75 Å². The van der Waals surface area contributed by atoms with Gasteiger partial charge in [0.2, 0.25) is 6.23 Å². The van der Waals surface area contributed by atoms with Crippen molar-refractivity contribution in [3.63, 3.8) is 0 Å². The normalized spacial score (nSPS) is 22.9. The van der Waals surface area contributed by atoms with Gasteiger partial charge in [0, 0.05) is 21.7 Å². The molecule has 100 valence electrons. The zero-order valence-corrected chi connectivity index (χ0v) is 11.6. The summed E-state index contributed by atoms with van der Waals surface area (Å²) in [7, 11) is 0. The minimum Gasteiger partial charge on any atom is -0.466 e. The van der Waals surface area contributed by atoms with E-state index in [1.165, 1.54) is 0 Å². The number of fused-ring (bicyclic) bond motifs is 4. The summed E-state index contributed by atoms with van der Waals surface area (Å²) in [4.78, 5) is 14.3. The second-order valence-corrected chi connectivity index (χ2v) is 5.56. The predicted octanol–water partition coefficient (Wildman–Crippen LogP) is 3.95. The smallest absolute Gasteiger partial charge is 0.257 e. The number of rotatable bonds is 0. The minimum atomic E-state index is -0.331. The predicted molar refractivity (Wildman–Crippen MR) is 75.8 cm³/mol. The first-order chi connectivity index (χ1) is 9.66. The first-order valence-corrected chi connectivity index (χ1v) is 6.92. The summed E-state index contributed by atoms with van der Waals surface area (Å²) in [6.07, 6.45) is -0.331. The number of benzene rings is 2. The van der Waals surface area contributed by atoms with Crippen molar-refractivity contribution < 1.29 is 9.53 Å². The lowest BCUT2D eigenvalue weighted by Crippen LogP contribution is -2.37. The highest BCUT2D eigenvalue weighted by atomic mass is 35.5. The highest BCUT2D eigenvalue weighted by Crippen LogP contribution is 2.47. The van der Waals surface area contributed by atoms with Crippen molar-refractivity contribution >= 4 is 17.5 Å². The number of carbonyl (C=O) groups excluding carboxylic acids is 1. The summed E-state index contributed by atoms with van der Waals surface area (Å²) in [6.45, 7) is 2.01. The molecule has 0 aromatic heterocycles. The maximum atomic E-state index is 12.5. The molecule has 20 heavy (non-hydrogen) atoms. The summed E-state index contributed by atoms with van der Waals surface area (Å²) in [5.41, 5.74) is 2.61. The molecule has 1 amide bonds. The van der Waals surface area contributed by atoms with Crippen LogP contribution in [0.15, 0.2) is 42.5 Å². The Labute approximate surface area is 121 Å². The van der Waals surface area contributed by atoms with Crippen LogP contribution in [-0.4, -0.2) is 10.8 Å². The molecule has 2 aliphatic rings. The molecule has 2 aliphatic heterocycles. The lowest BCUT2D eigenvalue weighted by atomic mass is 10.0. The monoisotopic (exact) mass is 285 g/mol. The van der Waals surface area contributed by atoms with E-state index in [1.54, 1.807) is 4.90 Å². The van der Waals surface area contributed by atoms with Crippen molar-refractivity contribution in [2.75, 3.05) is 0 Å². The van der Waals surface area contributed by atoms with E-state index in [9.17, 15) is 4.79 Å². The Morgan fingerprint density at radius 3 is 2.80 bits per heavy atom. The topological polar surface area (TPSA) is 29.5 Å². The van der Waals surface area contributed by atoms with Crippen molar-refractivity contribution in [2.24, 2.45) is 0 Å². The molecule has 2 heterocycles. The standard InChI is InChI=1S/C16H12ClNO2/c1-9-13-8-10(17)6-7-14(13)20-16-12-5-3-2-4-11(12)15(19)18(9)16/h2-9,16H,1H3/t9-,16-/m1/s1. The van der Waals surface area contributed by atoms with Gasteiger partial charge in [-0.25, -0.2) is 0 Å². The molecular formula is C16H12ClNO2. The fraction of sp³-hybridized carbons (Fsp3) is 0.188. The summed E-state index contributed by atoms with van der Waals surface area (Å²) in [5.74, 6) is 0.816. The Kier molecular flexibility index (Phi) is 2.36. The average molecular weight is 286 g/mol. The minimum absolute atomic E-state index is 0.0173. The molecule has 3 nitrogen and oxygen atoms in total. The van der Waals surface area contributed by atoms with Crippen molar-refractivity contribution in [3.05, 3.63) is 64.2 Å². The summed E-state index contributed by atoms with van der Waals surface area (Å²) >= 11 is 6.05. The molecule has 0 fully saturated rings. The molecule has 2 aromatic rings. The van der Waals surface area contributed by atoms with Crippen LogP contribution < -0.4 is 4.74 Å². The van der Waals surface area contributed by atoms with E-state index in [0.717, 1.165) is 22.4 Å². The molecule has 4 rings (SSSR count). The quantitative estimate of drug-likeness (QED) is 0.733.